The second-order valence-electron chi connectivity index (χ2n) is 4.16. The van der Waals surface area contributed by atoms with Gasteiger partial charge < -0.3 is 9.88 Å². The normalized spacial score (nSPS) is 15.4. The Bertz CT molecular complexity index is 362. The van der Waals surface area contributed by atoms with Crippen LogP contribution in [0, 0.1) is 6.07 Å². The monoisotopic (exact) mass is 292 g/mol. The number of amides is 1. The number of rotatable bonds is 2. The van der Waals surface area contributed by atoms with Crippen LogP contribution in [0.4, 0.5) is 5.82 Å². The van der Waals surface area contributed by atoms with Crippen molar-refractivity contribution in [2.24, 2.45) is 0 Å². The maximum absolute atomic E-state index is 11.5. The maximum Gasteiger partial charge on any atom is 0.217 e. The zero-order valence-corrected chi connectivity index (χ0v) is 12.6. The Morgan fingerprint density at radius 3 is 2.69 bits per heavy atom. The average Bonchev–Trinajstić information content (AvgIpc) is 2.65. The van der Waals surface area contributed by atoms with Gasteiger partial charge in [-0.3, -0.25) is 4.79 Å². The predicted octanol–water partition coefficient (Wildman–Crippen LogP) is 2.13. The fourth-order valence-electron chi connectivity index (χ4n) is 1.71. The molecule has 1 saturated heterocycles. The Kier molecular flexibility index (Phi) is 5.06. The van der Waals surface area contributed by atoms with Gasteiger partial charge in [0.1, 0.15) is 0 Å². The van der Waals surface area contributed by atoms with Crippen LogP contribution >= 0.6 is 0 Å². The van der Waals surface area contributed by atoms with E-state index in [1.54, 1.807) is 4.90 Å². The molecule has 0 saturated carbocycles. The van der Waals surface area contributed by atoms with E-state index >= 15 is 0 Å². The van der Waals surface area contributed by atoms with Crippen molar-refractivity contribution >= 4 is 11.7 Å². The van der Waals surface area contributed by atoms with Crippen LogP contribution in [0.15, 0.2) is 12.3 Å². The summed E-state index contributed by atoms with van der Waals surface area (Å²) < 4.78 is 0. The van der Waals surface area contributed by atoms with Crippen molar-refractivity contribution in [3.8, 4) is 0 Å². The van der Waals surface area contributed by atoms with E-state index in [1.807, 2.05) is 12.3 Å². The molecule has 1 aliphatic rings. The van der Waals surface area contributed by atoms with E-state index in [2.05, 4.69) is 24.9 Å². The molecule has 1 amide bonds. The molecule has 2 heterocycles. The van der Waals surface area contributed by atoms with Crippen molar-refractivity contribution < 1.29 is 37.5 Å². The van der Waals surface area contributed by atoms with Crippen LogP contribution in [0.5, 0.6) is 0 Å². The van der Waals surface area contributed by atoms with Crippen LogP contribution < -0.4 is 4.90 Å². The first-order valence-corrected chi connectivity index (χ1v) is 5.36. The van der Waals surface area contributed by atoms with E-state index in [9.17, 15) is 4.79 Å². The molecule has 1 aliphatic heterocycles. The van der Waals surface area contributed by atoms with E-state index in [-0.39, 0.29) is 38.6 Å². The zero-order valence-electron chi connectivity index (χ0n) is 9.73. The number of carbonyl (C=O) groups is 1. The summed E-state index contributed by atoms with van der Waals surface area (Å²) in [5.41, 5.74) is 1.09. The minimum Gasteiger partial charge on any atom is -0.367 e. The smallest absolute Gasteiger partial charge is 0.217 e. The van der Waals surface area contributed by atoms with E-state index in [1.165, 1.54) is 0 Å². The molecule has 1 fully saturated rings. The molecule has 16 heavy (non-hydrogen) atoms. The van der Waals surface area contributed by atoms with Gasteiger partial charge in [0.15, 0.2) is 0 Å². The standard InChI is InChI=1S/C12H15N2O.Y/c1-9(2)10-5-6-11(13-8-10)14-7-3-4-12(14)15;/h6,8-9H,3-4,7H2,1-2H3;/q-1;. The quantitative estimate of drug-likeness (QED) is 0.782. The van der Waals surface area contributed by atoms with Crippen molar-refractivity contribution in [1.29, 1.82) is 0 Å². The SMILES string of the molecule is CC(C)c1[c-]cc(N2CCCC2=O)nc1.[Y]. The molecule has 4 heteroatoms. The number of carbonyl (C=O) groups excluding carboxylic acids is 1. The van der Waals surface area contributed by atoms with Crippen LogP contribution in [-0.4, -0.2) is 17.4 Å². The van der Waals surface area contributed by atoms with Gasteiger partial charge in [-0.25, -0.2) is 0 Å². The molecule has 0 bridgehead atoms. The Morgan fingerprint density at radius 2 is 2.25 bits per heavy atom. The second kappa shape index (κ2) is 5.88. The molecule has 83 valence electrons. The summed E-state index contributed by atoms with van der Waals surface area (Å²) in [5.74, 6) is 1.34. The van der Waals surface area contributed by atoms with Crippen molar-refractivity contribution in [3.63, 3.8) is 0 Å². The van der Waals surface area contributed by atoms with Crippen molar-refractivity contribution in [3.05, 3.63) is 23.9 Å². The summed E-state index contributed by atoms with van der Waals surface area (Å²) in [6.07, 6.45) is 3.39. The van der Waals surface area contributed by atoms with Gasteiger partial charge in [-0.1, -0.05) is 20.0 Å². The summed E-state index contributed by atoms with van der Waals surface area (Å²) >= 11 is 0. The minimum absolute atomic E-state index is 0. The summed E-state index contributed by atoms with van der Waals surface area (Å²) in [6.45, 7) is 5.00. The average molecular weight is 292 g/mol. The van der Waals surface area contributed by atoms with Gasteiger partial charge in [0.2, 0.25) is 5.91 Å². The van der Waals surface area contributed by atoms with Gasteiger partial charge in [-0.2, -0.15) is 6.07 Å². The van der Waals surface area contributed by atoms with Crippen LogP contribution in [0.25, 0.3) is 0 Å². The van der Waals surface area contributed by atoms with Crippen molar-refractivity contribution in [2.45, 2.75) is 32.6 Å². The number of nitrogens with zero attached hydrogens (tertiary/aromatic N) is 2. The Balaban J connectivity index is 0.00000128. The molecular weight excluding hydrogens is 277 g/mol. The molecule has 3 nitrogen and oxygen atoms in total. The third-order valence-electron chi connectivity index (χ3n) is 2.68. The number of aromatic nitrogens is 1. The topological polar surface area (TPSA) is 33.2 Å². The van der Waals surface area contributed by atoms with Crippen LogP contribution in [0.1, 0.15) is 38.2 Å². The first-order chi connectivity index (χ1) is 7.18. The molecular formula is C12H15N2OY-. The molecule has 1 radical (unpaired) electrons. The minimum atomic E-state index is 0. The fourth-order valence-corrected chi connectivity index (χ4v) is 1.71. The summed E-state index contributed by atoms with van der Waals surface area (Å²) in [7, 11) is 0. The van der Waals surface area contributed by atoms with E-state index in [4.69, 9.17) is 0 Å². The zero-order chi connectivity index (χ0) is 10.8. The molecule has 0 atom stereocenters. The van der Waals surface area contributed by atoms with Gasteiger partial charge in [-0.05, 0) is 12.3 Å². The van der Waals surface area contributed by atoms with Gasteiger partial charge in [0, 0.05) is 51.5 Å². The van der Waals surface area contributed by atoms with Crippen molar-refractivity contribution in [1.82, 2.24) is 4.98 Å². The second-order valence-corrected chi connectivity index (χ2v) is 4.16. The van der Waals surface area contributed by atoms with Gasteiger partial charge >= 0.3 is 0 Å². The Morgan fingerprint density at radius 1 is 1.50 bits per heavy atom. The molecule has 0 N–H and O–H groups in total. The first kappa shape index (κ1) is 13.8. The van der Waals surface area contributed by atoms with Crippen LogP contribution in [-0.2, 0) is 37.5 Å². The van der Waals surface area contributed by atoms with Gasteiger partial charge in [0.25, 0.3) is 0 Å². The fraction of sp³-hybridized carbons (Fsp3) is 0.500. The summed E-state index contributed by atoms with van der Waals surface area (Å²) in [6, 6.07) is 5.00. The molecule has 1 aromatic heterocycles. The molecule has 1 aromatic rings. The number of anilines is 1. The molecule has 2 rings (SSSR count). The van der Waals surface area contributed by atoms with E-state index in [0.717, 1.165) is 24.3 Å². The van der Waals surface area contributed by atoms with Gasteiger partial charge in [0.05, 0.1) is 0 Å². The summed E-state index contributed by atoms with van der Waals surface area (Å²) in [4.78, 5) is 17.5. The van der Waals surface area contributed by atoms with Crippen molar-refractivity contribution in [2.75, 3.05) is 11.4 Å². The maximum atomic E-state index is 11.5. The van der Waals surface area contributed by atoms with Crippen LogP contribution in [0.3, 0.4) is 0 Å². The van der Waals surface area contributed by atoms with Gasteiger partial charge in [-0.15, -0.1) is 11.6 Å². The summed E-state index contributed by atoms with van der Waals surface area (Å²) in [5, 5.41) is 0. The van der Waals surface area contributed by atoms with E-state index in [0.29, 0.717) is 12.3 Å². The number of hydrogen-bond acceptors (Lipinski definition) is 2. The Hall–Kier alpha value is -0.276. The number of hydrogen-bond donors (Lipinski definition) is 0. The third-order valence-corrected chi connectivity index (χ3v) is 2.68. The molecule has 0 aliphatic carbocycles. The molecule has 0 unspecified atom stereocenters. The first-order valence-electron chi connectivity index (χ1n) is 5.36. The number of pyridine rings is 1. The van der Waals surface area contributed by atoms with E-state index < -0.39 is 0 Å². The predicted molar refractivity (Wildman–Crippen MR) is 58.7 cm³/mol. The molecule has 0 aromatic carbocycles. The largest absolute Gasteiger partial charge is 0.367 e. The third kappa shape index (κ3) is 2.89. The molecule has 0 spiro atoms. The Labute approximate surface area is 122 Å². The van der Waals surface area contributed by atoms with Crippen LogP contribution in [0.2, 0.25) is 0 Å².